The van der Waals surface area contributed by atoms with Crippen molar-refractivity contribution < 1.29 is 0 Å². The van der Waals surface area contributed by atoms with Gasteiger partial charge in [-0.3, -0.25) is 4.98 Å². The first-order chi connectivity index (χ1) is 5.90. The van der Waals surface area contributed by atoms with E-state index in [2.05, 4.69) is 9.83 Å². The molecule has 2 rings (SSSR count). The Labute approximate surface area is 72.1 Å². The summed E-state index contributed by atoms with van der Waals surface area (Å²) < 4.78 is 0. The molecule has 1 heterocycles. The van der Waals surface area contributed by atoms with Gasteiger partial charge in [-0.25, -0.2) is 4.85 Å². The molecule has 1 aliphatic rings. The standard InChI is InChI=1S/C10H10N2/c1-11-9-5-6-12-10(7-9)8-3-2-4-8/h5-8H,2-4H2. The van der Waals surface area contributed by atoms with Crippen molar-refractivity contribution in [3.63, 3.8) is 0 Å². The van der Waals surface area contributed by atoms with Crippen molar-refractivity contribution in [3.8, 4) is 0 Å². The Morgan fingerprint density at radius 2 is 2.33 bits per heavy atom. The second-order valence-corrected chi connectivity index (χ2v) is 3.18. The summed E-state index contributed by atoms with van der Waals surface area (Å²) in [6.45, 7) is 6.85. The Morgan fingerprint density at radius 3 is 2.92 bits per heavy atom. The van der Waals surface area contributed by atoms with Crippen molar-refractivity contribution in [2.75, 3.05) is 0 Å². The maximum Gasteiger partial charge on any atom is 0.190 e. The highest BCUT2D eigenvalue weighted by Gasteiger charge is 2.20. The molecule has 12 heavy (non-hydrogen) atoms. The Balaban J connectivity index is 2.27. The van der Waals surface area contributed by atoms with Crippen molar-refractivity contribution in [2.24, 2.45) is 0 Å². The van der Waals surface area contributed by atoms with Crippen LogP contribution in [0.3, 0.4) is 0 Å². The highest BCUT2D eigenvalue weighted by Crippen LogP contribution is 2.36. The molecule has 60 valence electrons. The number of hydrogen-bond donors (Lipinski definition) is 0. The van der Waals surface area contributed by atoms with Crippen molar-refractivity contribution in [1.29, 1.82) is 0 Å². The lowest BCUT2D eigenvalue weighted by molar-refractivity contribution is 0.411. The van der Waals surface area contributed by atoms with Crippen LogP contribution in [0.4, 0.5) is 5.69 Å². The summed E-state index contributed by atoms with van der Waals surface area (Å²) in [5, 5.41) is 0. The van der Waals surface area contributed by atoms with Gasteiger partial charge in [-0.15, -0.1) is 0 Å². The van der Waals surface area contributed by atoms with Crippen molar-refractivity contribution in [3.05, 3.63) is 35.4 Å². The zero-order valence-corrected chi connectivity index (χ0v) is 6.83. The van der Waals surface area contributed by atoms with E-state index in [1.165, 1.54) is 19.3 Å². The fourth-order valence-corrected chi connectivity index (χ4v) is 1.43. The predicted octanol–water partition coefficient (Wildman–Crippen LogP) is 2.90. The summed E-state index contributed by atoms with van der Waals surface area (Å²) in [7, 11) is 0. The smallest absolute Gasteiger partial charge is 0.190 e. The van der Waals surface area contributed by atoms with Crippen LogP contribution in [0.2, 0.25) is 0 Å². The third-order valence-corrected chi connectivity index (χ3v) is 2.42. The van der Waals surface area contributed by atoms with Crippen molar-refractivity contribution in [2.45, 2.75) is 25.2 Å². The summed E-state index contributed by atoms with van der Waals surface area (Å²) in [6, 6.07) is 3.67. The fraction of sp³-hybridized carbons (Fsp3) is 0.400. The minimum Gasteiger partial charge on any atom is -0.264 e. The molecule has 0 unspecified atom stereocenters. The maximum absolute atomic E-state index is 6.85. The highest BCUT2D eigenvalue weighted by molar-refractivity contribution is 5.44. The second-order valence-electron chi connectivity index (χ2n) is 3.18. The van der Waals surface area contributed by atoms with Gasteiger partial charge >= 0.3 is 0 Å². The Bertz CT molecular complexity index is 321. The minimum absolute atomic E-state index is 0.631. The van der Waals surface area contributed by atoms with Gasteiger partial charge in [0.15, 0.2) is 5.69 Å². The molecule has 0 atom stereocenters. The first-order valence-corrected chi connectivity index (χ1v) is 4.23. The van der Waals surface area contributed by atoms with E-state index in [1.807, 2.05) is 6.07 Å². The molecule has 1 saturated carbocycles. The molecule has 1 fully saturated rings. The highest BCUT2D eigenvalue weighted by atomic mass is 14.7. The lowest BCUT2D eigenvalue weighted by Gasteiger charge is -2.24. The largest absolute Gasteiger partial charge is 0.264 e. The van der Waals surface area contributed by atoms with Gasteiger partial charge in [0.1, 0.15) is 0 Å². The fourth-order valence-electron chi connectivity index (χ4n) is 1.43. The predicted molar refractivity (Wildman–Crippen MR) is 47.1 cm³/mol. The maximum atomic E-state index is 6.85. The molecule has 0 spiro atoms. The molecule has 2 heteroatoms. The molecule has 0 bridgehead atoms. The molecule has 0 aromatic carbocycles. The van der Waals surface area contributed by atoms with Gasteiger partial charge in [0.25, 0.3) is 0 Å². The molecule has 0 saturated heterocycles. The van der Waals surface area contributed by atoms with Gasteiger partial charge in [0.2, 0.25) is 0 Å². The van der Waals surface area contributed by atoms with Crippen LogP contribution >= 0.6 is 0 Å². The van der Waals surface area contributed by atoms with E-state index in [9.17, 15) is 0 Å². The van der Waals surface area contributed by atoms with Crippen LogP contribution in [0.15, 0.2) is 18.3 Å². The van der Waals surface area contributed by atoms with Crippen LogP contribution in [0.5, 0.6) is 0 Å². The van der Waals surface area contributed by atoms with E-state index < -0.39 is 0 Å². The van der Waals surface area contributed by atoms with Crippen LogP contribution in [0.25, 0.3) is 4.85 Å². The van der Waals surface area contributed by atoms with Crippen LogP contribution in [-0.4, -0.2) is 4.98 Å². The van der Waals surface area contributed by atoms with Crippen molar-refractivity contribution >= 4 is 5.69 Å². The van der Waals surface area contributed by atoms with E-state index in [0.29, 0.717) is 11.6 Å². The molecule has 0 amide bonds. The van der Waals surface area contributed by atoms with Gasteiger partial charge < -0.3 is 0 Å². The number of aromatic nitrogens is 1. The molecule has 1 aromatic heterocycles. The topological polar surface area (TPSA) is 17.2 Å². The first kappa shape index (κ1) is 7.30. The lowest BCUT2D eigenvalue weighted by atomic mass is 9.82. The van der Waals surface area contributed by atoms with Gasteiger partial charge in [-0.2, -0.15) is 0 Å². The summed E-state index contributed by atoms with van der Waals surface area (Å²) in [5.41, 5.74) is 1.82. The average Bonchev–Trinajstić information content (AvgIpc) is 2.02. The molecular formula is C10H10N2. The summed E-state index contributed by atoms with van der Waals surface area (Å²) in [5.74, 6) is 0.631. The van der Waals surface area contributed by atoms with E-state index in [1.54, 1.807) is 12.3 Å². The number of nitrogens with zero attached hydrogens (tertiary/aromatic N) is 2. The molecule has 1 aliphatic carbocycles. The third kappa shape index (κ3) is 1.18. The molecule has 0 radical (unpaired) electrons. The third-order valence-electron chi connectivity index (χ3n) is 2.42. The van der Waals surface area contributed by atoms with Gasteiger partial charge in [0, 0.05) is 11.9 Å². The summed E-state index contributed by atoms with van der Waals surface area (Å²) >= 11 is 0. The molecule has 0 aliphatic heterocycles. The Morgan fingerprint density at radius 1 is 1.50 bits per heavy atom. The average molecular weight is 158 g/mol. The van der Waals surface area contributed by atoms with Gasteiger partial charge in [0.05, 0.1) is 6.57 Å². The van der Waals surface area contributed by atoms with E-state index in [-0.39, 0.29) is 0 Å². The van der Waals surface area contributed by atoms with Gasteiger partial charge in [-0.05, 0) is 30.9 Å². The van der Waals surface area contributed by atoms with Crippen LogP contribution in [-0.2, 0) is 0 Å². The van der Waals surface area contributed by atoms with Crippen LogP contribution in [0, 0.1) is 6.57 Å². The number of hydrogen-bond acceptors (Lipinski definition) is 1. The molecular weight excluding hydrogens is 148 g/mol. The van der Waals surface area contributed by atoms with Crippen LogP contribution in [0.1, 0.15) is 30.9 Å². The second kappa shape index (κ2) is 2.94. The SMILES string of the molecule is [C-]#[N+]c1ccnc(C2CCC2)c1. The zero-order valence-electron chi connectivity index (χ0n) is 6.83. The van der Waals surface area contributed by atoms with Gasteiger partial charge in [-0.1, -0.05) is 6.42 Å². The van der Waals surface area contributed by atoms with Crippen molar-refractivity contribution in [1.82, 2.24) is 4.98 Å². The lowest BCUT2D eigenvalue weighted by Crippen LogP contribution is -2.09. The first-order valence-electron chi connectivity index (χ1n) is 4.23. The summed E-state index contributed by atoms with van der Waals surface area (Å²) in [4.78, 5) is 7.65. The Hall–Kier alpha value is -1.36. The quantitative estimate of drug-likeness (QED) is 0.574. The molecule has 0 N–H and O–H groups in total. The molecule has 2 nitrogen and oxygen atoms in total. The monoisotopic (exact) mass is 158 g/mol. The van der Waals surface area contributed by atoms with E-state index in [0.717, 1.165) is 5.69 Å². The number of rotatable bonds is 1. The minimum atomic E-state index is 0.631. The molecule has 1 aromatic rings. The normalized spacial score (nSPS) is 16.6. The Kier molecular flexibility index (Phi) is 1.79. The van der Waals surface area contributed by atoms with Crippen LogP contribution < -0.4 is 0 Å². The van der Waals surface area contributed by atoms with E-state index in [4.69, 9.17) is 6.57 Å². The number of pyridine rings is 1. The van der Waals surface area contributed by atoms with E-state index >= 15 is 0 Å². The summed E-state index contributed by atoms with van der Waals surface area (Å²) in [6.07, 6.45) is 5.54. The zero-order chi connectivity index (χ0) is 8.39.